The van der Waals surface area contributed by atoms with Crippen molar-refractivity contribution in [3.05, 3.63) is 40.4 Å². The van der Waals surface area contributed by atoms with Gasteiger partial charge in [-0.05, 0) is 61.8 Å². The minimum atomic E-state index is -0.0366. The first kappa shape index (κ1) is 14.9. The summed E-state index contributed by atoms with van der Waals surface area (Å²) in [5.41, 5.74) is 0.963. The number of nitrogens with zero attached hydrogens (tertiary/aromatic N) is 3. The van der Waals surface area contributed by atoms with Crippen LogP contribution < -0.4 is 4.74 Å². The Morgan fingerprint density at radius 1 is 1.50 bits per heavy atom. The van der Waals surface area contributed by atoms with E-state index < -0.39 is 0 Å². The van der Waals surface area contributed by atoms with Crippen molar-refractivity contribution in [3.63, 3.8) is 0 Å². The van der Waals surface area contributed by atoms with Gasteiger partial charge in [0, 0.05) is 6.61 Å². The van der Waals surface area contributed by atoms with Gasteiger partial charge in [-0.25, -0.2) is 0 Å². The lowest BCUT2D eigenvalue weighted by Crippen LogP contribution is -2.05. The minimum Gasteiger partial charge on any atom is -0.494 e. The normalized spacial score (nSPS) is 18.1. The number of hydrogen-bond acceptors (Lipinski definition) is 5. The molecular formula is C15H18N4O2S. The molecule has 0 amide bonds. The Kier molecular flexibility index (Phi) is 4.65. The molecule has 1 N–H and O–H groups in total. The predicted molar refractivity (Wildman–Crippen MR) is 85.9 cm³/mol. The van der Waals surface area contributed by atoms with Crippen molar-refractivity contribution in [1.29, 1.82) is 0 Å². The average Bonchev–Trinajstić information content (AvgIpc) is 3.17. The van der Waals surface area contributed by atoms with E-state index in [0.717, 1.165) is 36.6 Å². The third-order valence-corrected chi connectivity index (χ3v) is 3.67. The van der Waals surface area contributed by atoms with Crippen LogP contribution in [0.1, 0.15) is 37.3 Å². The Morgan fingerprint density at radius 2 is 2.32 bits per heavy atom. The molecule has 0 aliphatic carbocycles. The van der Waals surface area contributed by atoms with Crippen molar-refractivity contribution in [1.82, 2.24) is 14.9 Å². The molecule has 6 nitrogen and oxygen atoms in total. The number of nitrogens with one attached hydrogen (secondary N) is 1. The predicted octanol–water partition coefficient (Wildman–Crippen LogP) is 3.07. The molecular weight excluding hydrogens is 300 g/mol. The summed E-state index contributed by atoms with van der Waals surface area (Å²) in [4.78, 5) is 0. The molecule has 0 spiro atoms. The Balaban J connectivity index is 1.80. The highest BCUT2D eigenvalue weighted by atomic mass is 32.1. The summed E-state index contributed by atoms with van der Waals surface area (Å²) in [5.74, 6) is 1.57. The van der Waals surface area contributed by atoms with Crippen molar-refractivity contribution in [3.8, 4) is 5.75 Å². The van der Waals surface area contributed by atoms with Gasteiger partial charge in [-0.2, -0.15) is 14.9 Å². The summed E-state index contributed by atoms with van der Waals surface area (Å²) in [7, 11) is 0. The topological polar surface area (TPSA) is 64.4 Å². The van der Waals surface area contributed by atoms with Gasteiger partial charge in [-0.1, -0.05) is 0 Å². The quantitative estimate of drug-likeness (QED) is 0.680. The van der Waals surface area contributed by atoms with Crippen LogP contribution in [-0.2, 0) is 4.74 Å². The van der Waals surface area contributed by atoms with E-state index in [1.807, 2.05) is 31.2 Å². The van der Waals surface area contributed by atoms with Crippen LogP contribution in [0.4, 0.5) is 0 Å². The van der Waals surface area contributed by atoms with Crippen LogP contribution in [0.5, 0.6) is 5.75 Å². The lowest BCUT2D eigenvalue weighted by Gasteiger charge is -2.07. The number of benzene rings is 1. The monoisotopic (exact) mass is 318 g/mol. The van der Waals surface area contributed by atoms with Gasteiger partial charge in [-0.15, -0.1) is 0 Å². The highest BCUT2D eigenvalue weighted by Gasteiger charge is 2.23. The fourth-order valence-electron chi connectivity index (χ4n) is 2.35. The van der Waals surface area contributed by atoms with Crippen molar-refractivity contribution in [2.75, 3.05) is 13.2 Å². The van der Waals surface area contributed by atoms with Crippen molar-refractivity contribution in [2.45, 2.75) is 25.9 Å². The molecule has 0 radical (unpaired) electrons. The average molecular weight is 318 g/mol. The fraction of sp³-hybridized carbons (Fsp3) is 0.400. The smallest absolute Gasteiger partial charge is 0.216 e. The number of hydrogen-bond donors (Lipinski definition) is 1. The second kappa shape index (κ2) is 6.85. The van der Waals surface area contributed by atoms with Crippen LogP contribution >= 0.6 is 12.2 Å². The van der Waals surface area contributed by atoms with Crippen LogP contribution in [0.25, 0.3) is 0 Å². The van der Waals surface area contributed by atoms with Gasteiger partial charge in [0.25, 0.3) is 0 Å². The maximum Gasteiger partial charge on any atom is 0.216 e. The third kappa shape index (κ3) is 3.26. The summed E-state index contributed by atoms with van der Waals surface area (Å²) in [5, 5.41) is 11.4. The van der Waals surface area contributed by atoms with E-state index in [0.29, 0.717) is 11.4 Å². The second-order valence-corrected chi connectivity index (χ2v) is 5.33. The molecule has 1 aromatic heterocycles. The third-order valence-electron chi connectivity index (χ3n) is 3.41. The molecule has 0 unspecified atom stereocenters. The number of ether oxygens (including phenoxy) is 2. The van der Waals surface area contributed by atoms with Gasteiger partial charge in [0.2, 0.25) is 4.77 Å². The molecule has 1 aromatic carbocycles. The Bertz CT molecular complexity index is 699. The summed E-state index contributed by atoms with van der Waals surface area (Å²) in [6.45, 7) is 3.37. The summed E-state index contributed by atoms with van der Waals surface area (Å²) in [6.07, 6.45) is 3.69. The van der Waals surface area contributed by atoms with E-state index in [-0.39, 0.29) is 6.10 Å². The Labute approximate surface area is 133 Å². The maximum absolute atomic E-state index is 5.65. The van der Waals surface area contributed by atoms with Crippen LogP contribution in [0.3, 0.4) is 0 Å². The first-order valence-corrected chi connectivity index (χ1v) is 7.75. The minimum absolute atomic E-state index is 0.0366. The van der Waals surface area contributed by atoms with E-state index in [9.17, 15) is 0 Å². The summed E-state index contributed by atoms with van der Waals surface area (Å²) < 4.78 is 13.2. The molecule has 2 heterocycles. The molecule has 3 rings (SSSR count). The van der Waals surface area contributed by atoms with Crippen LogP contribution in [0.15, 0.2) is 29.4 Å². The molecule has 1 fully saturated rings. The zero-order valence-corrected chi connectivity index (χ0v) is 13.2. The van der Waals surface area contributed by atoms with Crippen molar-refractivity contribution in [2.24, 2.45) is 5.10 Å². The van der Waals surface area contributed by atoms with E-state index in [1.165, 1.54) is 0 Å². The molecule has 1 saturated heterocycles. The molecule has 22 heavy (non-hydrogen) atoms. The zero-order chi connectivity index (χ0) is 15.4. The maximum atomic E-state index is 5.65. The SMILES string of the molecule is CCOc1ccc(/C=N\n2c([C@H]3CCCO3)n[nH]c2=S)cc1. The number of H-pyrrole nitrogens is 1. The van der Waals surface area contributed by atoms with Gasteiger partial charge >= 0.3 is 0 Å². The lowest BCUT2D eigenvalue weighted by molar-refractivity contribution is 0.102. The van der Waals surface area contributed by atoms with E-state index in [1.54, 1.807) is 10.9 Å². The van der Waals surface area contributed by atoms with E-state index in [4.69, 9.17) is 21.7 Å². The molecule has 0 bridgehead atoms. The summed E-state index contributed by atoms with van der Waals surface area (Å²) in [6, 6.07) is 7.73. The second-order valence-electron chi connectivity index (χ2n) is 4.95. The Morgan fingerprint density at radius 3 is 3.00 bits per heavy atom. The molecule has 1 atom stereocenters. The van der Waals surface area contributed by atoms with Gasteiger partial charge in [-0.3, -0.25) is 5.10 Å². The van der Waals surface area contributed by atoms with Crippen molar-refractivity contribution < 1.29 is 9.47 Å². The highest BCUT2D eigenvalue weighted by Crippen LogP contribution is 2.26. The largest absolute Gasteiger partial charge is 0.494 e. The first-order valence-electron chi connectivity index (χ1n) is 7.34. The highest BCUT2D eigenvalue weighted by molar-refractivity contribution is 7.71. The molecule has 1 aliphatic rings. The standard InChI is InChI=1S/C15H18N4O2S/c1-2-20-12-7-5-11(6-8-12)10-16-19-14(17-18-15(19)22)13-4-3-9-21-13/h5-8,10,13H,2-4,9H2,1H3,(H,18,22)/b16-10-/t13-/m1/s1. The zero-order valence-electron chi connectivity index (χ0n) is 12.4. The molecule has 1 aliphatic heterocycles. The van der Waals surface area contributed by atoms with E-state index >= 15 is 0 Å². The number of rotatable bonds is 5. The first-order chi connectivity index (χ1) is 10.8. The van der Waals surface area contributed by atoms with Gasteiger partial charge in [0.1, 0.15) is 11.9 Å². The number of aromatic nitrogens is 3. The van der Waals surface area contributed by atoms with Crippen molar-refractivity contribution >= 4 is 18.4 Å². The van der Waals surface area contributed by atoms with Crippen LogP contribution in [0, 0.1) is 4.77 Å². The summed E-state index contributed by atoms with van der Waals surface area (Å²) >= 11 is 5.23. The molecule has 0 saturated carbocycles. The fourth-order valence-corrected chi connectivity index (χ4v) is 2.53. The van der Waals surface area contributed by atoms with E-state index in [2.05, 4.69) is 15.3 Å². The van der Waals surface area contributed by atoms with Crippen LogP contribution in [0.2, 0.25) is 0 Å². The molecule has 2 aromatic rings. The molecule has 116 valence electrons. The molecule has 7 heteroatoms. The Hall–Kier alpha value is -1.99. The van der Waals surface area contributed by atoms with Crippen LogP contribution in [-0.4, -0.2) is 34.3 Å². The number of aromatic amines is 1. The lowest BCUT2D eigenvalue weighted by atomic mass is 10.2. The van der Waals surface area contributed by atoms with Gasteiger partial charge in [0.15, 0.2) is 5.82 Å². The van der Waals surface area contributed by atoms with Gasteiger partial charge < -0.3 is 9.47 Å². The van der Waals surface area contributed by atoms with Gasteiger partial charge in [0.05, 0.1) is 12.8 Å².